The Morgan fingerprint density at radius 3 is 1.55 bits per heavy atom. The van der Waals surface area contributed by atoms with Crippen LogP contribution in [0, 0.1) is 0 Å². The van der Waals surface area contributed by atoms with Crippen molar-refractivity contribution in [1.82, 2.24) is 10.6 Å². The van der Waals surface area contributed by atoms with Crippen LogP contribution in [0.1, 0.15) is 0 Å². The van der Waals surface area contributed by atoms with E-state index >= 15 is 0 Å². The minimum absolute atomic E-state index is 1.17. The molecule has 4 heteroatoms. The van der Waals surface area contributed by atoms with Crippen LogP contribution < -0.4 is 10.6 Å². The second kappa shape index (κ2) is 7.28. The molecule has 0 aliphatic carbocycles. The van der Waals surface area contributed by atoms with Crippen LogP contribution in [-0.2, 0) is 0 Å². The molecule has 0 aromatic carbocycles. The lowest BCUT2D eigenvalue weighted by atomic mass is 10.6. The van der Waals surface area contributed by atoms with Gasteiger partial charge in [0.2, 0.25) is 0 Å². The monoisotopic (exact) mass is 192 g/mol. The standard InChI is InChI=1S/C4H9NS.C3H7NS/c1-3-6-4-2-5-1;1-2-5-3-4-1/h5H,1-4H2;4H,1-3H2. The Morgan fingerprint density at radius 1 is 0.727 bits per heavy atom. The number of rotatable bonds is 0. The van der Waals surface area contributed by atoms with E-state index in [1.807, 2.05) is 23.5 Å². The van der Waals surface area contributed by atoms with Crippen molar-refractivity contribution in [1.29, 1.82) is 0 Å². The molecule has 0 unspecified atom stereocenters. The van der Waals surface area contributed by atoms with Crippen LogP contribution in [0.25, 0.3) is 0 Å². The first-order valence-electron chi connectivity index (χ1n) is 4.07. The van der Waals surface area contributed by atoms with Crippen LogP contribution in [0.2, 0.25) is 0 Å². The molecule has 2 rings (SSSR count). The van der Waals surface area contributed by atoms with Gasteiger partial charge in [-0.25, -0.2) is 0 Å². The maximum absolute atomic E-state index is 3.26. The Hall–Kier alpha value is 0.620. The number of thioether (sulfide) groups is 2. The summed E-state index contributed by atoms with van der Waals surface area (Å²) in [6.45, 7) is 3.64. The van der Waals surface area contributed by atoms with Gasteiger partial charge in [-0.2, -0.15) is 11.8 Å². The van der Waals surface area contributed by atoms with E-state index in [0.717, 1.165) is 0 Å². The fourth-order valence-corrected chi connectivity index (χ4v) is 2.38. The molecule has 2 aliphatic rings. The molecule has 0 amide bonds. The quantitative estimate of drug-likeness (QED) is 0.587. The van der Waals surface area contributed by atoms with Crippen molar-refractivity contribution < 1.29 is 0 Å². The first-order chi connectivity index (χ1) is 5.50. The zero-order valence-electron chi connectivity index (χ0n) is 6.77. The highest BCUT2D eigenvalue weighted by molar-refractivity contribution is 7.99. The average Bonchev–Trinajstić information content (AvgIpc) is 2.64. The largest absolute Gasteiger partial charge is 0.315 e. The molecular weight excluding hydrogens is 176 g/mol. The van der Waals surface area contributed by atoms with Gasteiger partial charge in [-0.3, -0.25) is 0 Å². The zero-order chi connectivity index (χ0) is 7.78. The van der Waals surface area contributed by atoms with Crippen LogP contribution in [0.3, 0.4) is 0 Å². The van der Waals surface area contributed by atoms with Crippen LogP contribution in [0.4, 0.5) is 0 Å². The maximum Gasteiger partial charge on any atom is 0.0418 e. The minimum atomic E-state index is 1.17. The first kappa shape index (κ1) is 9.71. The summed E-state index contributed by atoms with van der Waals surface area (Å²) in [5, 5.41) is 6.45. The van der Waals surface area contributed by atoms with Crippen LogP contribution in [0.15, 0.2) is 0 Å². The lowest BCUT2D eigenvalue weighted by Gasteiger charge is -2.08. The average molecular weight is 192 g/mol. The molecule has 2 N–H and O–H groups in total. The number of hydrogen-bond donors (Lipinski definition) is 2. The van der Waals surface area contributed by atoms with Crippen LogP contribution in [0.5, 0.6) is 0 Å². The van der Waals surface area contributed by atoms with Crippen molar-refractivity contribution in [2.75, 3.05) is 42.8 Å². The number of hydrogen-bond acceptors (Lipinski definition) is 4. The molecule has 0 spiro atoms. The summed E-state index contributed by atoms with van der Waals surface area (Å²) in [4.78, 5) is 0. The van der Waals surface area contributed by atoms with Gasteiger partial charge >= 0.3 is 0 Å². The summed E-state index contributed by atoms with van der Waals surface area (Å²) in [6.07, 6.45) is 0. The van der Waals surface area contributed by atoms with Crippen LogP contribution >= 0.6 is 23.5 Å². The van der Waals surface area contributed by atoms with Crippen molar-refractivity contribution in [3.05, 3.63) is 0 Å². The van der Waals surface area contributed by atoms with Gasteiger partial charge in [-0.15, -0.1) is 11.8 Å². The molecule has 2 fully saturated rings. The Balaban J connectivity index is 0.000000112. The summed E-state index contributed by atoms with van der Waals surface area (Å²) in [7, 11) is 0. The molecule has 0 radical (unpaired) electrons. The Morgan fingerprint density at radius 2 is 1.36 bits per heavy atom. The second-order valence-corrected chi connectivity index (χ2v) is 4.74. The SMILES string of the molecule is C1CSCCN1.C1CSCN1. The third-order valence-corrected chi connectivity index (χ3v) is 3.36. The van der Waals surface area contributed by atoms with Gasteiger partial charge in [0.1, 0.15) is 0 Å². The van der Waals surface area contributed by atoms with Crippen molar-refractivity contribution in [2.24, 2.45) is 0 Å². The molecular formula is C7H16N2S2. The van der Waals surface area contributed by atoms with Gasteiger partial charge in [0.05, 0.1) is 0 Å². The summed E-state index contributed by atoms with van der Waals surface area (Å²) in [5.41, 5.74) is 0. The van der Waals surface area contributed by atoms with Crippen LogP contribution in [-0.4, -0.2) is 42.8 Å². The predicted octanol–water partition coefficient (Wildman–Crippen LogP) is 0.603. The lowest BCUT2D eigenvalue weighted by molar-refractivity contribution is 0.756. The smallest absolute Gasteiger partial charge is 0.0418 e. The van der Waals surface area contributed by atoms with E-state index in [1.165, 1.54) is 42.8 Å². The summed E-state index contributed by atoms with van der Waals surface area (Å²) < 4.78 is 0. The third-order valence-electron chi connectivity index (χ3n) is 1.47. The molecule has 0 saturated carbocycles. The van der Waals surface area contributed by atoms with Gasteiger partial charge in [0.25, 0.3) is 0 Å². The van der Waals surface area contributed by atoms with Crippen molar-refractivity contribution in [2.45, 2.75) is 0 Å². The second-order valence-electron chi connectivity index (χ2n) is 2.41. The molecule has 0 aromatic rings. The molecule has 2 heterocycles. The molecule has 2 aliphatic heterocycles. The third kappa shape index (κ3) is 5.84. The fraction of sp³-hybridized carbons (Fsp3) is 1.00. The molecule has 0 aromatic heterocycles. The van der Waals surface area contributed by atoms with Gasteiger partial charge in [-0.1, -0.05) is 0 Å². The highest BCUT2D eigenvalue weighted by atomic mass is 32.2. The predicted molar refractivity (Wildman–Crippen MR) is 55.5 cm³/mol. The highest BCUT2D eigenvalue weighted by Gasteiger charge is 1.94. The van der Waals surface area contributed by atoms with Gasteiger partial charge < -0.3 is 10.6 Å². The van der Waals surface area contributed by atoms with E-state index in [4.69, 9.17) is 0 Å². The molecule has 2 saturated heterocycles. The Kier molecular flexibility index (Phi) is 6.42. The van der Waals surface area contributed by atoms with E-state index in [0.29, 0.717) is 0 Å². The van der Waals surface area contributed by atoms with E-state index in [9.17, 15) is 0 Å². The first-order valence-corrected chi connectivity index (χ1v) is 6.38. The summed E-state index contributed by atoms with van der Waals surface area (Å²) in [5.74, 6) is 5.08. The van der Waals surface area contributed by atoms with Gasteiger partial charge in [0, 0.05) is 42.8 Å². The maximum atomic E-state index is 3.26. The fourth-order valence-electron chi connectivity index (χ4n) is 0.877. The zero-order valence-corrected chi connectivity index (χ0v) is 8.40. The molecule has 11 heavy (non-hydrogen) atoms. The molecule has 0 atom stereocenters. The van der Waals surface area contributed by atoms with Crippen molar-refractivity contribution in [3.8, 4) is 0 Å². The normalized spacial score (nSPS) is 24.0. The molecule has 66 valence electrons. The van der Waals surface area contributed by atoms with E-state index in [-0.39, 0.29) is 0 Å². The van der Waals surface area contributed by atoms with E-state index < -0.39 is 0 Å². The lowest BCUT2D eigenvalue weighted by Crippen LogP contribution is -2.24. The molecule has 2 nitrogen and oxygen atoms in total. The Bertz CT molecular complexity index is 63.4. The van der Waals surface area contributed by atoms with Crippen molar-refractivity contribution in [3.63, 3.8) is 0 Å². The summed E-state index contributed by atoms with van der Waals surface area (Å²) >= 11 is 4.00. The molecule has 0 bridgehead atoms. The minimum Gasteiger partial charge on any atom is -0.315 e. The topological polar surface area (TPSA) is 24.1 Å². The number of nitrogens with one attached hydrogen (secondary N) is 2. The van der Waals surface area contributed by atoms with E-state index in [1.54, 1.807) is 0 Å². The summed E-state index contributed by atoms with van der Waals surface area (Å²) in [6, 6.07) is 0. The highest BCUT2D eigenvalue weighted by Crippen LogP contribution is 1.99. The Labute approximate surface area is 77.3 Å². The van der Waals surface area contributed by atoms with Crippen molar-refractivity contribution >= 4 is 23.5 Å². The van der Waals surface area contributed by atoms with Gasteiger partial charge in [-0.05, 0) is 0 Å². The van der Waals surface area contributed by atoms with Gasteiger partial charge in [0.15, 0.2) is 0 Å². The van der Waals surface area contributed by atoms with E-state index in [2.05, 4.69) is 10.6 Å².